The Morgan fingerprint density at radius 3 is 2.82 bits per heavy atom. The van der Waals surface area contributed by atoms with Gasteiger partial charge in [0.1, 0.15) is 5.82 Å². The van der Waals surface area contributed by atoms with Crippen LogP contribution in [0.25, 0.3) is 16.9 Å². The van der Waals surface area contributed by atoms with E-state index in [0.29, 0.717) is 18.2 Å². The average molecular weight is 401 g/mol. The van der Waals surface area contributed by atoms with E-state index >= 15 is 0 Å². The van der Waals surface area contributed by atoms with Crippen LogP contribution in [0, 0.1) is 0 Å². The topological polar surface area (TPSA) is 60.7 Å². The summed E-state index contributed by atoms with van der Waals surface area (Å²) in [6.07, 6.45) is 5.65. The van der Waals surface area contributed by atoms with Gasteiger partial charge in [0.15, 0.2) is 11.4 Å². The fourth-order valence-electron chi connectivity index (χ4n) is 3.68. The highest BCUT2D eigenvalue weighted by atomic mass is 35.5. The number of hydrogen-bond donors (Lipinski definition) is 1. The van der Waals surface area contributed by atoms with E-state index in [2.05, 4.69) is 17.2 Å². The second-order valence-corrected chi connectivity index (χ2v) is 7.47. The zero-order chi connectivity index (χ0) is 19.4. The Bertz CT molecular complexity index is 937. The van der Waals surface area contributed by atoms with Gasteiger partial charge in [-0.3, -0.25) is 0 Å². The molecule has 0 saturated carbocycles. The van der Waals surface area contributed by atoms with Gasteiger partial charge in [0.2, 0.25) is 0 Å². The van der Waals surface area contributed by atoms with E-state index in [4.69, 9.17) is 26.2 Å². The van der Waals surface area contributed by atoms with Crippen molar-refractivity contribution < 1.29 is 9.47 Å². The number of hydrogen-bond acceptors (Lipinski definition) is 5. The van der Waals surface area contributed by atoms with Gasteiger partial charge in [-0.05, 0) is 30.7 Å². The Kier molecular flexibility index (Phi) is 5.80. The number of imidazole rings is 1. The summed E-state index contributed by atoms with van der Waals surface area (Å²) in [6, 6.07) is 11.6. The summed E-state index contributed by atoms with van der Waals surface area (Å²) in [5.41, 5.74) is 2.70. The maximum Gasteiger partial charge on any atom is 0.168 e. The third kappa shape index (κ3) is 4.14. The Labute approximate surface area is 169 Å². The maximum atomic E-state index is 6.13. The van der Waals surface area contributed by atoms with Crippen LogP contribution in [0.4, 0.5) is 5.82 Å². The summed E-state index contributed by atoms with van der Waals surface area (Å²) in [5.74, 6) is 0.421. The van der Waals surface area contributed by atoms with E-state index in [1.165, 1.54) is 0 Å². The second kappa shape index (κ2) is 8.47. The summed E-state index contributed by atoms with van der Waals surface area (Å²) in [6.45, 7) is 4.35. The number of nitrogens with zero attached hydrogens (tertiary/aromatic N) is 3. The molecule has 1 aliphatic rings. The lowest BCUT2D eigenvalue weighted by Gasteiger charge is -2.27. The first-order valence-corrected chi connectivity index (χ1v) is 10.2. The summed E-state index contributed by atoms with van der Waals surface area (Å²) in [5, 5.41) is 8.80. The van der Waals surface area contributed by atoms with Crippen molar-refractivity contribution in [1.82, 2.24) is 14.6 Å². The van der Waals surface area contributed by atoms with Crippen LogP contribution in [0.2, 0.25) is 5.02 Å². The Morgan fingerprint density at radius 2 is 2.04 bits per heavy atom. The van der Waals surface area contributed by atoms with Crippen molar-refractivity contribution in [2.24, 2.45) is 0 Å². The molecule has 0 atom stereocenters. The van der Waals surface area contributed by atoms with Crippen LogP contribution in [-0.2, 0) is 9.47 Å². The van der Waals surface area contributed by atoms with Crippen molar-refractivity contribution in [3.63, 3.8) is 0 Å². The van der Waals surface area contributed by atoms with Gasteiger partial charge in [0.05, 0.1) is 25.1 Å². The van der Waals surface area contributed by atoms with Gasteiger partial charge < -0.3 is 14.8 Å². The molecule has 0 amide bonds. The molecule has 1 N–H and O–H groups in total. The number of fused-ring (bicyclic) bond motifs is 1. The molecular weight excluding hydrogens is 376 g/mol. The van der Waals surface area contributed by atoms with Gasteiger partial charge in [-0.15, -0.1) is 5.10 Å². The highest BCUT2D eigenvalue weighted by Crippen LogP contribution is 2.30. The molecule has 7 heteroatoms. The Morgan fingerprint density at radius 1 is 1.18 bits per heavy atom. The lowest BCUT2D eigenvalue weighted by molar-refractivity contribution is -0.167. The minimum atomic E-state index is -0.391. The lowest BCUT2D eigenvalue weighted by Crippen LogP contribution is -2.30. The van der Waals surface area contributed by atoms with Gasteiger partial charge in [-0.2, -0.15) is 0 Å². The zero-order valence-corrected chi connectivity index (χ0v) is 16.8. The van der Waals surface area contributed by atoms with Crippen LogP contribution in [0.3, 0.4) is 0 Å². The van der Waals surface area contributed by atoms with Crippen LogP contribution < -0.4 is 5.32 Å². The molecule has 1 aromatic carbocycles. The third-order valence-corrected chi connectivity index (χ3v) is 5.20. The summed E-state index contributed by atoms with van der Waals surface area (Å²) in [7, 11) is 0. The van der Waals surface area contributed by atoms with E-state index in [-0.39, 0.29) is 0 Å². The first-order chi connectivity index (χ1) is 13.7. The van der Waals surface area contributed by atoms with E-state index in [1.807, 2.05) is 47.1 Å². The van der Waals surface area contributed by atoms with Gasteiger partial charge in [-0.25, -0.2) is 9.50 Å². The SMILES string of the molecule is CCCC1(CCCNc2ccc3ncc(-c4cccc(Cl)c4)n3n2)OCCO1. The molecule has 3 heterocycles. The molecule has 2 aromatic heterocycles. The third-order valence-electron chi connectivity index (χ3n) is 4.97. The number of ether oxygens (including phenoxy) is 2. The summed E-state index contributed by atoms with van der Waals surface area (Å²) < 4.78 is 13.6. The molecule has 1 aliphatic heterocycles. The minimum Gasteiger partial charge on any atom is -0.369 e. The molecule has 0 unspecified atom stereocenters. The Hall–Kier alpha value is -2.15. The van der Waals surface area contributed by atoms with Gasteiger partial charge in [0, 0.05) is 30.0 Å². The smallest absolute Gasteiger partial charge is 0.168 e. The summed E-state index contributed by atoms with van der Waals surface area (Å²) >= 11 is 6.13. The van der Waals surface area contributed by atoms with Crippen molar-refractivity contribution in [3.8, 4) is 11.3 Å². The fourth-order valence-corrected chi connectivity index (χ4v) is 3.87. The molecule has 6 nitrogen and oxygen atoms in total. The molecule has 1 saturated heterocycles. The molecule has 0 bridgehead atoms. The number of anilines is 1. The molecule has 4 rings (SSSR count). The average Bonchev–Trinajstić information content (AvgIpc) is 3.33. The van der Waals surface area contributed by atoms with Crippen molar-refractivity contribution in [3.05, 3.63) is 47.6 Å². The van der Waals surface area contributed by atoms with Crippen molar-refractivity contribution in [1.29, 1.82) is 0 Å². The highest BCUT2D eigenvalue weighted by molar-refractivity contribution is 6.30. The van der Waals surface area contributed by atoms with Crippen LogP contribution in [0.15, 0.2) is 42.6 Å². The molecule has 148 valence electrons. The van der Waals surface area contributed by atoms with Crippen molar-refractivity contribution in [2.45, 2.75) is 38.4 Å². The van der Waals surface area contributed by atoms with Crippen molar-refractivity contribution >= 4 is 23.1 Å². The largest absolute Gasteiger partial charge is 0.369 e. The molecular formula is C21H25ClN4O2. The number of rotatable bonds is 8. The van der Waals surface area contributed by atoms with Crippen LogP contribution in [0.1, 0.15) is 32.6 Å². The first-order valence-electron chi connectivity index (χ1n) is 9.82. The lowest BCUT2D eigenvalue weighted by atomic mass is 10.1. The fraction of sp³-hybridized carbons (Fsp3) is 0.429. The zero-order valence-electron chi connectivity index (χ0n) is 16.0. The molecule has 0 radical (unpaired) electrons. The molecule has 0 aliphatic carbocycles. The van der Waals surface area contributed by atoms with E-state index in [1.54, 1.807) is 0 Å². The number of halogens is 1. The highest BCUT2D eigenvalue weighted by Gasteiger charge is 2.34. The number of nitrogens with one attached hydrogen (secondary N) is 1. The quantitative estimate of drug-likeness (QED) is 0.551. The normalized spacial score (nSPS) is 15.9. The van der Waals surface area contributed by atoms with Crippen LogP contribution in [0.5, 0.6) is 0 Å². The standard InChI is InChI=1S/C21H25ClN4O2/c1-2-9-21(27-12-13-28-21)10-4-11-23-19-7-8-20-24-15-18(26(20)25-19)16-5-3-6-17(22)14-16/h3,5-8,14-15H,2,4,9-13H2,1H3,(H,23,25). The first kappa shape index (κ1) is 19.2. The Balaban J connectivity index is 1.43. The minimum absolute atomic E-state index is 0.391. The van der Waals surface area contributed by atoms with E-state index in [9.17, 15) is 0 Å². The van der Waals surface area contributed by atoms with E-state index < -0.39 is 5.79 Å². The predicted molar refractivity (Wildman–Crippen MR) is 111 cm³/mol. The van der Waals surface area contributed by atoms with Crippen LogP contribution in [-0.4, -0.2) is 40.1 Å². The van der Waals surface area contributed by atoms with Crippen LogP contribution >= 0.6 is 11.6 Å². The van der Waals surface area contributed by atoms with Gasteiger partial charge in [-0.1, -0.05) is 37.1 Å². The maximum absolute atomic E-state index is 6.13. The predicted octanol–water partition coefficient (Wildman–Crippen LogP) is 4.79. The van der Waals surface area contributed by atoms with Crippen molar-refractivity contribution in [2.75, 3.05) is 25.1 Å². The van der Waals surface area contributed by atoms with E-state index in [0.717, 1.165) is 55.0 Å². The second-order valence-electron chi connectivity index (χ2n) is 7.03. The molecule has 28 heavy (non-hydrogen) atoms. The number of benzene rings is 1. The molecule has 0 spiro atoms. The number of aromatic nitrogens is 3. The monoisotopic (exact) mass is 400 g/mol. The van der Waals surface area contributed by atoms with Gasteiger partial charge >= 0.3 is 0 Å². The summed E-state index contributed by atoms with van der Waals surface area (Å²) in [4.78, 5) is 4.44. The molecule has 3 aromatic rings. The molecule has 1 fully saturated rings. The van der Waals surface area contributed by atoms with Gasteiger partial charge in [0.25, 0.3) is 0 Å².